The van der Waals surface area contributed by atoms with E-state index in [-0.39, 0.29) is 5.41 Å². The molecule has 0 spiro atoms. The molecule has 0 bridgehead atoms. The van der Waals surface area contributed by atoms with Crippen LogP contribution in [-0.2, 0) is 4.74 Å². The van der Waals surface area contributed by atoms with Crippen molar-refractivity contribution in [2.45, 2.75) is 46.1 Å². The summed E-state index contributed by atoms with van der Waals surface area (Å²) in [6, 6.07) is 0. The lowest BCUT2D eigenvalue weighted by molar-refractivity contribution is -0.0205. The Hall–Kier alpha value is -0.300. The molecule has 12 heavy (non-hydrogen) atoms. The summed E-state index contributed by atoms with van der Waals surface area (Å²) in [6.07, 6.45) is 3.88. The fourth-order valence-corrected chi connectivity index (χ4v) is 1.55. The second kappa shape index (κ2) is 3.61. The molecular formula is C11H20O. The Kier molecular flexibility index (Phi) is 2.94. The molecule has 1 nitrogen and oxygen atoms in total. The Balaban J connectivity index is 2.47. The molecule has 0 N–H and O–H groups in total. The largest absolute Gasteiger partial charge is 0.377 e. The molecule has 0 saturated carbocycles. The van der Waals surface area contributed by atoms with E-state index < -0.39 is 0 Å². The van der Waals surface area contributed by atoms with Crippen LogP contribution in [-0.4, -0.2) is 12.7 Å². The lowest BCUT2D eigenvalue weighted by Gasteiger charge is -2.36. The maximum absolute atomic E-state index is 5.74. The van der Waals surface area contributed by atoms with Crippen molar-refractivity contribution in [2.24, 2.45) is 5.41 Å². The molecule has 1 aliphatic heterocycles. The van der Waals surface area contributed by atoms with Gasteiger partial charge in [0.15, 0.2) is 0 Å². The molecule has 0 aromatic carbocycles. The van der Waals surface area contributed by atoms with Crippen molar-refractivity contribution in [3.63, 3.8) is 0 Å². The van der Waals surface area contributed by atoms with E-state index in [0.29, 0.717) is 6.10 Å². The van der Waals surface area contributed by atoms with Crippen molar-refractivity contribution >= 4 is 0 Å². The fourth-order valence-electron chi connectivity index (χ4n) is 1.55. The second-order valence-corrected chi connectivity index (χ2v) is 4.41. The standard InChI is InChI=1S/C11H20O/c1-5-6-10-7-9(2)11(3,4)8-12-10/h10H,2,5-8H2,1,3-4H3. The van der Waals surface area contributed by atoms with Gasteiger partial charge in [0, 0.05) is 5.41 Å². The smallest absolute Gasteiger partial charge is 0.0612 e. The summed E-state index contributed by atoms with van der Waals surface area (Å²) in [5.74, 6) is 0. The average molecular weight is 168 g/mol. The van der Waals surface area contributed by atoms with Gasteiger partial charge >= 0.3 is 0 Å². The quantitative estimate of drug-likeness (QED) is 0.575. The van der Waals surface area contributed by atoms with E-state index >= 15 is 0 Å². The van der Waals surface area contributed by atoms with Gasteiger partial charge in [-0.2, -0.15) is 0 Å². The number of rotatable bonds is 2. The minimum atomic E-state index is 0.199. The molecule has 1 atom stereocenters. The average Bonchev–Trinajstić information content (AvgIpc) is 1.98. The van der Waals surface area contributed by atoms with E-state index in [9.17, 15) is 0 Å². The van der Waals surface area contributed by atoms with Gasteiger partial charge in [-0.15, -0.1) is 0 Å². The number of ether oxygens (including phenoxy) is 1. The lowest BCUT2D eigenvalue weighted by Crippen LogP contribution is -2.33. The van der Waals surface area contributed by atoms with E-state index in [1.807, 2.05) is 0 Å². The minimum absolute atomic E-state index is 0.199. The fraction of sp³-hybridized carbons (Fsp3) is 0.818. The molecule has 0 aromatic rings. The molecule has 0 aliphatic carbocycles. The Morgan fingerprint density at radius 1 is 1.58 bits per heavy atom. The maximum Gasteiger partial charge on any atom is 0.0612 e. The highest BCUT2D eigenvalue weighted by Gasteiger charge is 2.30. The highest BCUT2D eigenvalue weighted by atomic mass is 16.5. The highest BCUT2D eigenvalue weighted by molar-refractivity contribution is 5.10. The van der Waals surface area contributed by atoms with Gasteiger partial charge in [0.05, 0.1) is 12.7 Å². The topological polar surface area (TPSA) is 9.23 Å². The third-order valence-corrected chi connectivity index (χ3v) is 2.72. The van der Waals surface area contributed by atoms with Crippen molar-refractivity contribution in [3.8, 4) is 0 Å². The summed E-state index contributed by atoms with van der Waals surface area (Å²) in [5, 5.41) is 0. The molecule has 1 heterocycles. The van der Waals surface area contributed by atoms with E-state index in [4.69, 9.17) is 4.74 Å². The van der Waals surface area contributed by atoms with Crippen LogP contribution in [0.15, 0.2) is 12.2 Å². The third-order valence-electron chi connectivity index (χ3n) is 2.72. The molecular weight excluding hydrogens is 148 g/mol. The first-order valence-electron chi connectivity index (χ1n) is 4.86. The summed E-state index contributed by atoms with van der Waals surface area (Å²) < 4.78 is 5.74. The first-order chi connectivity index (χ1) is 5.56. The van der Waals surface area contributed by atoms with Gasteiger partial charge < -0.3 is 4.74 Å². The highest BCUT2D eigenvalue weighted by Crippen LogP contribution is 2.35. The predicted molar refractivity (Wildman–Crippen MR) is 52.2 cm³/mol. The summed E-state index contributed by atoms with van der Waals surface area (Å²) in [4.78, 5) is 0. The van der Waals surface area contributed by atoms with Crippen LogP contribution in [0.2, 0.25) is 0 Å². The second-order valence-electron chi connectivity index (χ2n) is 4.41. The molecule has 1 fully saturated rings. The zero-order chi connectivity index (χ0) is 9.19. The maximum atomic E-state index is 5.74. The van der Waals surface area contributed by atoms with Crippen LogP contribution in [0.4, 0.5) is 0 Å². The molecule has 1 unspecified atom stereocenters. The Morgan fingerprint density at radius 3 is 2.75 bits per heavy atom. The minimum Gasteiger partial charge on any atom is -0.377 e. The summed E-state index contributed by atoms with van der Waals surface area (Å²) in [7, 11) is 0. The van der Waals surface area contributed by atoms with Crippen LogP contribution in [0.5, 0.6) is 0 Å². The van der Waals surface area contributed by atoms with Crippen LogP contribution >= 0.6 is 0 Å². The van der Waals surface area contributed by atoms with Crippen molar-refractivity contribution in [1.29, 1.82) is 0 Å². The molecule has 0 radical (unpaired) electrons. The number of hydrogen-bond donors (Lipinski definition) is 0. The van der Waals surface area contributed by atoms with Crippen molar-refractivity contribution < 1.29 is 4.74 Å². The van der Waals surface area contributed by atoms with Crippen molar-refractivity contribution in [3.05, 3.63) is 12.2 Å². The van der Waals surface area contributed by atoms with Gasteiger partial charge in [0.1, 0.15) is 0 Å². The van der Waals surface area contributed by atoms with Gasteiger partial charge in [0.25, 0.3) is 0 Å². The van der Waals surface area contributed by atoms with Crippen molar-refractivity contribution in [1.82, 2.24) is 0 Å². The molecule has 0 aromatic heterocycles. The SMILES string of the molecule is C=C1CC(CCC)OCC1(C)C. The molecule has 1 rings (SSSR count). The zero-order valence-electron chi connectivity index (χ0n) is 8.52. The number of hydrogen-bond acceptors (Lipinski definition) is 1. The van der Waals surface area contributed by atoms with Gasteiger partial charge in [-0.05, 0) is 12.8 Å². The first kappa shape index (κ1) is 9.79. The van der Waals surface area contributed by atoms with Gasteiger partial charge in [-0.1, -0.05) is 39.3 Å². The van der Waals surface area contributed by atoms with Crippen LogP contribution < -0.4 is 0 Å². The van der Waals surface area contributed by atoms with Crippen molar-refractivity contribution in [2.75, 3.05) is 6.61 Å². The van der Waals surface area contributed by atoms with E-state index in [0.717, 1.165) is 13.0 Å². The van der Waals surface area contributed by atoms with Gasteiger partial charge in [-0.3, -0.25) is 0 Å². The Labute approximate surface area is 75.8 Å². The zero-order valence-corrected chi connectivity index (χ0v) is 8.52. The van der Waals surface area contributed by atoms with E-state index in [1.165, 1.54) is 18.4 Å². The molecule has 1 heteroatoms. The molecule has 0 amide bonds. The van der Waals surface area contributed by atoms with Gasteiger partial charge in [0.2, 0.25) is 0 Å². The summed E-state index contributed by atoms with van der Waals surface area (Å²) in [5.41, 5.74) is 1.55. The van der Waals surface area contributed by atoms with Crippen LogP contribution in [0, 0.1) is 5.41 Å². The Morgan fingerprint density at radius 2 is 2.25 bits per heavy atom. The first-order valence-corrected chi connectivity index (χ1v) is 4.86. The molecule has 1 saturated heterocycles. The van der Waals surface area contributed by atoms with Crippen LogP contribution in [0.3, 0.4) is 0 Å². The summed E-state index contributed by atoms with van der Waals surface area (Å²) >= 11 is 0. The lowest BCUT2D eigenvalue weighted by atomic mass is 9.80. The van der Waals surface area contributed by atoms with Gasteiger partial charge in [-0.25, -0.2) is 0 Å². The normalized spacial score (nSPS) is 28.9. The van der Waals surface area contributed by atoms with Crippen LogP contribution in [0.1, 0.15) is 40.0 Å². The molecule has 70 valence electrons. The monoisotopic (exact) mass is 168 g/mol. The third kappa shape index (κ3) is 2.10. The van der Waals surface area contributed by atoms with Crippen LogP contribution in [0.25, 0.3) is 0 Å². The van der Waals surface area contributed by atoms with E-state index in [2.05, 4.69) is 27.4 Å². The Bertz CT molecular complexity index is 170. The summed E-state index contributed by atoms with van der Waals surface area (Å²) in [6.45, 7) is 11.6. The molecule has 1 aliphatic rings. The van der Waals surface area contributed by atoms with E-state index in [1.54, 1.807) is 0 Å². The predicted octanol–water partition coefficient (Wildman–Crippen LogP) is 3.16.